The number of hydrogen-bond acceptors (Lipinski definition) is 22. The van der Waals surface area contributed by atoms with Crippen molar-refractivity contribution >= 4 is 47.3 Å². The average molecular weight is 880 g/mol. The number of rotatable bonds is 18. The fraction of sp³-hybridized carbons (Fsp3) is 0.950. The van der Waals surface area contributed by atoms with Crippen LogP contribution in [0.1, 0.15) is 0 Å². The fourth-order valence-electron chi connectivity index (χ4n) is 5.27. The van der Waals surface area contributed by atoms with Crippen molar-refractivity contribution in [1.82, 2.24) is 14.2 Å². The molecule has 0 aromatic rings. The molecule has 0 aromatic heterocycles. The minimum absolute atomic E-state index is 0.659. The Kier molecular flexibility index (Phi) is 15.9. The molecule has 3 fully saturated rings. The van der Waals surface area contributed by atoms with E-state index in [2.05, 4.69) is 4.18 Å². The third-order valence-electron chi connectivity index (χ3n) is 7.54. The van der Waals surface area contributed by atoms with Crippen molar-refractivity contribution in [1.29, 1.82) is 0 Å². The molecule has 0 amide bonds. The van der Waals surface area contributed by atoms with Crippen molar-refractivity contribution in [2.24, 2.45) is 0 Å². The predicted octanol–water partition coefficient (Wildman–Crippen LogP) is -9.44. The molecule has 54 heavy (non-hydrogen) atoms. The first-order valence-corrected chi connectivity index (χ1v) is 20.3. The van der Waals surface area contributed by atoms with Gasteiger partial charge in [0.25, 0.3) is 0 Å². The molecule has 34 heteroatoms. The normalized spacial score (nSPS) is 38.6. The lowest BCUT2D eigenvalue weighted by molar-refractivity contribution is -0.362. The van der Waals surface area contributed by atoms with Gasteiger partial charge in [-0.3, -0.25) is 18.2 Å². The summed E-state index contributed by atoms with van der Waals surface area (Å²) < 4.78 is 167. The lowest BCUT2D eigenvalue weighted by atomic mass is 9.95. The maximum atomic E-state index is 12.3. The van der Waals surface area contributed by atoms with Gasteiger partial charge < -0.3 is 64.2 Å². The van der Waals surface area contributed by atoms with Crippen LogP contribution in [-0.2, 0) is 78.7 Å². The number of carbonyl (C=O) groups is 1. The molecule has 0 spiro atoms. The number of aliphatic hydroxyl groups is 6. The Bertz CT molecular complexity index is 1710. The minimum atomic E-state index is -5.32. The molecule has 3 aliphatic heterocycles. The molecular formula is C20H37N3O27S4. The largest absolute Gasteiger partial charge is 0.479 e. The summed E-state index contributed by atoms with van der Waals surface area (Å²) >= 11 is 0. The van der Waals surface area contributed by atoms with Gasteiger partial charge in [-0.05, 0) is 0 Å². The minimum Gasteiger partial charge on any atom is -0.479 e. The van der Waals surface area contributed by atoms with Crippen LogP contribution in [0, 0.1) is 0 Å². The molecule has 0 saturated carbocycles. The van der Waals surface area contributed by atoms with Gasteiger partial charge in [0.1, 0.15) is 67.0 Å². The number of aliphatic carboxylic acids is 1. The van der Waals surface area contributed by atoms with Gasteiger partial charge >= 0.3 is 47.3 Å². The highest BCUT2D eigenvalue weighted by molar-refractivity contribution is 7.84. The summed E-state index contributed by atoms with van der Waals surface area (Å²) in [7, 11) is -20.5. The van der Waals surface area contributed by atoms with Crippen molar-refractivity contribution in [2.75, 3.05) is 26.4 Å². The van der Waals surface area contributed by atoms with Crippen LogP contribution in [0.25, 0.3) is 0 Å². The third kappa shape index (κ3) is 13.3. The molecule has 0 aliphatic carbocycles. The Hall–Kier alpha value is -1.53. The zero-order valence-electron chi connectivity index (χ0n) is 26.6. The standard InChI is InChI=1S/C20H37N3O27S4/c24-3-5-14(11(27)8(23-53(38,39)40)18(46-5)44-2-1-21-51(32,33)34)48-20-13(29)12(28)15(16(50-20)17(30)31)49-19-7(22-52(35,36)37)10(26)9(25)6(47-19)4-45-54(41,42)43/h5-16,18-29H,1-4H2,(H,30,31)(H,32,33,34)(H,35,36,37)(H,38,39,40)(H,41,42,43)/t5-,6-,7-,8-,9-,10-,11-,12-,13-,14-,15+,16+,18+,19-,20-/m1/s1. The summed E-state index contributed by atoms with van der Waals surface area (Å²) in [4.78, 5) is 12.3. The van der Waals surface area contributed by atoms with Gasteiger partial charge in [0, 0.05) is 6.54 Å². The van der Waals surface area contributed by atoms with Crippen molar-refractivity contribution < 1.29 is 125 Å². The van der Waals surface area contributed by atoms with Gasteiger partial charge in [0.05, 0.1) is 19.8 Å². The second kappa shape index (κ2) is 18.4. The molecule has 3 aliphatic rings. The molecule has 3 saturated heterocycles. The number of carboxylic acid groups (broad SMARTS) is 1. The predicted molar refractivity (Wildman–Crippen MR) is 160 cm³/mol. The highest BCUT2D eigenvalue weighted by Gasteiger charge is 2.56. The smallest absolute Gasteiger partial charge is 0.397 e. The molecule has 0 unspecified atom stereocenters. The van der Waals surface area contributed by atoms with Gasteiger partial charge in [-0.15, -0.1) is 0 Å². The Morgan fingerprint density at radius 1 is 0.630 bits per heavy atom. The molecule has 0 radical (unpaired) electrons. The monoisotopic (exact) mass is 879 g/mol. The van der Waals surface area contributed by atoms with E-state index in [0.717, 1.165) is 0 Å². The maximum Gasteiger partial charge on any atom is 0.397 e. The van der Waals surface area contributed by atoms with Crippen LogP contribution in [0.3, 0.4) is 0 Å². The molecule has 0 aromatic carbocycles. The van der Waals surface area contributed by atoms with Crippen molar-refractivity contribution in [3.05, 3.63) is 0 Å². The van der Waals surface area contributed by atoms with Crippen LogP contribution < -0.4 is 14.2 Å². The zero-order valence-corrected chi connectivity index (χ0v) is 29.8. The summed E-state index contributed by atoms with van der Waals surface area (Å²) in [6.07, 6.45) is -29.6. The Morgan fingerprint density at radius 3 is 1.67 bits per heavy atom. The summed E-state index contributed by atoms with van der Waals surface area (Å²) in [6, 6.07) is -4.39. The van der Waals surface area contributed by atoms with Crippen molar-refractivity contribution in [3.63, 3.8) is 0 Å². The van der Waals surface area contributed by atoms with Gasteiger partial charge in [0.15, 0.2) is 25.0 Å². The van der Waals surface area contributed by atoms with Crippen LogP contribution in [0.4, 0.5) is 0 Å². The average Bonchev–Trinajstić information content (AvgIpc) is 3.01. The number of ether oxygens (including phenoxy) is 6. The second-order valence-electron chi connectivity index (χ2n) is 11.4. The zero-order chi connectivity index (χ0) is 41.1. The molecule has 15 atom stereocenters. The van der Waals surface area contributed by atoms with Crippen molar-refractivity contribution in [2.45, 2.75) is 92.0 Å². The number of carboxylic acids is 1. The van der Waals surface area contributed by atoms with Gasteiger partial charge in [-0.1, -0.05) is 0 Å². The fourth-order valence-corrected chi connectivity index (χ4v) is 7.10. The van der Waals surface area contributed by atoms with E-state index in [0.29, 0.717) is 0 Å². The highest BCUT2D eigenvalue weighted by Crippen LogP contribution is 2.33. The van der Waals surface area contributed by atoms with Crippen LogP contribution in [0.2, 0.25) is 0 Å². The maximum absolute atomic E-state index is 12.3. The molecule has 14 N–H and O–H groups in total. The van der Waals surface area contributed by atoms with Gasteiger partial charge in [-0.2, -0.15) is 47.8 Å². The lowest BCUT2D eigenvalue weighted by Crippen LogP contribution is -2.69. The SMILES string of the molecule is O=C(O)[C@H]1O[C@@H](O[C@H]2[C@H](O)[C@@H](NS(=O)(=O)O)[C@@H](OCCNS(=O)(=O)O)O[C@@H]2CO)[C@H](O)[C@@H](O)[C@@H]1O[C@H]1O[C@H](COS(=O)(=O)O)[C@@H](O)[C@H](O)[C@H]1NS(=O)(=O)O. The molecule has 0 bridgehead atoms. The van der Waals surface area contributed by atoms with Crippen LogP contribution >= 0.6 is 0 Å². The molecule has 318 valence electrons. The van der Waals surface area contributed by atoms with Gasteiger partial charge in [-0.25, -0.2) is 8.98 Å². The first-order chi connectivity index (χ1) is 24.6. The van der Waals surface area contributed by atoms with Crippen LogP contribution in [0.5, 0.6) is 0 Å². The Morgan fingerprint density at radius 2 is 1.17 bits per heavy atom. The topological polar surface area (TPSA) is 477 Å². The molecule has 3 rings (SSSR count). The number of hydrogen-bond donors (Lipinski definition) is 14. The first-order valence-electron chi connectivity index (χ1n) is 14.6. The Balaban J connectivity index is 1.87. The summed E-state index contributed by atoms with van der Waals surface area (Å²) in [5, 5.41) is 73.6. The van der Waals surface area contributed by atoms with E-state index in [4.69, 9.17) is 37.5 Å². The van der Waals surface area contributed by atoms with Crippen LogP contribution in [0.15, 0.2) is 0 Å². The van der Waals surface area contributed by atoms with Crippen molar-refractivity contribution in [3.8, 4) is 0 Å². The van der Waals surface area contributed by atoms with E-state index in [1.54, 1.807) is 4.72 Å². The quantitative estimate of drug-likeness (QED) is 0.0449. The van der Waals surface area contributed by atoms with E-state index >= 15 is 0 Å². The van der Waals surface area contributed by atoms with E-state index in [-0.39, 0.29) is 0 Å². The molecular weight excluding hydrogens is 842 g/mol. The second-order valence-corrected chi connectivity index (χ2v) is 16.1. The molecule has 30 nitrogen and oxygen atoms in total. The summed E-state index contributed by atoms with van der Waals surface area (Å²) in [6.45, 7) is -3.77. The highest BCUT2D eigenvalue weighted by atomic mass is 32.3. The first kappa shape index (κ1) is 46.8. The number of nitrogens with one attached hydrogen (secondary N) is 3. The van der Waals surface area contributed by atoms with E-state index in [1.165, 1.54) is 9.44 Å². The van der Waals surface area contributed by atoms with E-state index < -0.39 is 166 Å². The van der Waals surface area contributed by atoms with Crippen LogP contribution in [-0.4, -0.2) is 212 Å². The molecule has 3 heterocycles. The van der Waals surface area contributed by atoms with Gasteiger partial charge in [0.2, 0.25) is 0 Å². The Labute approximate surface area is 304 Å². The summed E-state index contributed by atoms with van der Waals surface area (Å²) in [5.74, 6) is -2.04. The van der Waals surface area contributed by atoms with E-state index in [9.17, 15) is 83.3 Å². The number of aliphatic hydroxyl groups excluding tert-OH is 6. The lowest BCUT2D eigenvalue weighted by Gasteiger charge is -2.48. The van der Waals surface area contributed by atoms with E-state index in [1.807, 2.05) is 0 Å². The third-order valence-corrected chi connectivity index (χ3v) is 9.69. The summed E-state index contributed by atoms with van der Waals surface area (Å²) in [5.41, 5.74) is 0.